The highest BCUT2D eigenvalue weighted by molar-refractivity contribution is 9.11. The summed E-state index contributed by atoms with van der Waals surface area (Å²) in [7, 11) is 1.69. The van der Waals surface area contributed by atoms with Crippen molar-refractivity contribution in [1.82, 2.24) is 25.2 Å². The Bertz CT molecular complexity index is 893. The number of thiazole rings is 1. The number of tetrazole rings is 1. The number of benzene rings is 1. The molecule has 1 aromatic carbocycles. The van der Waals surface area contributed by atoms with Crippen LogP contribution in [0.4, 0.5) is 4.39 Å². The van der Waals surface area contributed by atoms with Crippen molar-refractivity contribution >= 4 is 33.0 Å². The van der Waals surface area contributed by atoms with E-state index in [1.807, 2.05) is 5.38 Å². The maximum atomic E-state index is 13.5. The van der Waals surface area contributed by atoms with Crippen LogP contribution in [-0.2, 0) is 18.5 Å². The fourth-order valence-electron chi connectivity index (χ4n) is 1.96. The average molecular weight is 411 g/mol. The van der Waals surface area contributed by atoms with Gasteiger partial charge in [-0.15, -0.1) is 16.4 Å². The number of aromatic nitrogens is 5. The molecule has 124 valence electrons. The third kappa shape index (κ3) is 3.65. The Balaban J connectivity index is 1.91. The number of rotatable bonds is 5. The molecule has 0 unspecified atom stereocenters. The highest BCUT2D eigenvalue weighted by Gasteiger charge is 2.16. The normalized spacial score (nSPS) is 11.8. The Hall–Kier alpha value is -2.20. The van der Waals surface area contributed by atoms with E-state index in [-0.39, 0.29) is 12.4 Å². The van der Waals surface area contributed by atoms with Crippen LogP contribution in [0.2, 0.25) is 0 Å². The van der Waals surface area contributed by atoms with E-state index in [0.717, 1.165) is 9.61 Å². The molecule has 7 nitrogen and oxygen atoms in total. The lowest BCUT2D eigenvalue weighted by molar-refractivity contribution is 0.128. The van der Waals surface area contributed by atoms with Crippen LogP contribution in [0.1, 0.15) is 22.6 Å². The second-order valence-corrected chi connectivity index (χ2v) is 7.03. The Labute approximate surface area is 149 Å². The van der Waals surface area contributed by atoms with Gasteiger partial charge in [-0.1, -0.05) is 5.16 Å². The lowest BCUT2D eigenvalue weighted by Crippen LogP contribution is -2.12. The van der Waals surface area contributed by atoms with Crippen LogP contribution in [0.5, 0.6) is 0 Å². The first-order chi connectivity index (χ1) is 11.5. The van der Waals surface area contributed by atoms with Crippen molar-refractivity contribution in [2.24, 2.45) is 12.2 Å². The number of aryl methyl sites for hydroxylation is 2. The molecule has 10 heteroatoms. The van der Waals surface area contributed by atoms with Gasteiger partial charge in [-0.2, -0.15) is 0 Å². The molecule has 3 rings (SSSR count). The molecule has 24 heavy (non-hydrogen) atoms. The van der Waals surface area contributed by atoms with Crippen LogP contribution in [0.3, 0.4) is 0 Å². The van der Waals surface area contributed by atoms with Gasteiger partial charge in [0.2, 0.25) is 5.82 Å². The highest BCUT2D eigenvalue weighted by atomic mass is 79.9. The van der Waals surface area contributed by atoms with E-state index in [1.165, 1.54) is 22.1 Å². The Morgan fingerprint density at radius 2 is 2.29 bits per heavy atom. The predicted octanol–water partition coefficient (Wildman–Crippen LogP) is 2.85. The first-order valence-corrected chi connectivity index (χ1v) is 8.51. The van der Waals surface area contributed by atoms with E-state index in [1.54, 1.807) is 26.1 Å². The van der Waals surface area contributed by atoms with Gasteiger partial charge in [0.15, 0.2) is 16.2 Å². The maximum absolute atomic E-state index is 13.5. The van der Waals surface area contributed by atoms with E-state index < -0.39 is 0 Å². The van der Waals surface area contributed by atoms with E-state index in [0.29, 0.717) is 22.7 Å². The average Bonchev–Trinajstić information content (AvgIpc) is 3.15. The monoisotopic (exact) mass is 410 g/mol. The third-order valence-corrected chi connectivity index (χ3v) is 4.57. The summed E-state index contributed by atoms with van der Waals surface area (Å²) >= 11 is 4.76. The number of halogens is 2. The zero-order valence-corrected chi connectivity index (χ0v) is 15.2. The second-order valence-electron chi connectivity index (χ2n) is 4.90. The van der Waals surface area contributed by atoms with Gasteiger partial charge in [-0.25, -0.2) is 14.1 Å². The molecule has 0 aliphatic carbocycles. The second kappa shape index (κ2) is 7.14. The maximum Gasteiger partial charge on any atom is 0.204 e. The molecule has 2 aromatic heterocycles. The van der Waals surface area contributed by atoms with Crippen LogP contribution in [0.15, 0.2) is 32.7 Å². The summed E-state index contributed by atoms with van der Waals surface area (Å²) in [6.07, 6.45) is 0. The summed E-state index contributed by atoms with van der Waals surface area (Å²) in [5, 5.41) is 17.4. The Kier molecular flexibility index (Phi) is 4.95. The molecule has 0 spiro atoms. The molecule has 0 amide bonds. The van der Waals surface area contributed by atoms with Crippen LogP contribution in [0, 0.1) is 12.7 Å². The molecular weight excluding hydrogens is 399 g/mol. The SMILES string of the molecule is Cc1cc(C(=NOCc2csc(Br)n2)c2nnnn2C)ccc1F. The van der Waals surface area contributed by atoms with Crippen molar-refractivity contribution in [3.05, 3.63) is 56.0 Å². The molecule has 2 heterocycles. The van der Waals surface area contributed by atoms with Crippen molar-refractivity contribution in [2.45, 2.75) is 13.5 Å². The van der Waals surface area contributed by atoms with E-state index in [4.69, 9.17) is 4.84 Å². The van der Waals surface area contributed by atoms with Crippen molar-refractivity contribution < 1.29 is 9.23 Å². The van der Waals surface area contributed by atoms with Crippen LogP contribution in [-0.4, -0.2) is 30.9 Å². The molecule has 3 aromatic rings. The molecule has 0 radical (unpaired) electrons. The van der Waals surface area contributed by atoms with Gasteiger partial charge in [0.25, 0.3) is 0 Å². The van der Waals surface area contributed by atoms with Gasteiger partial charge >= 0.3 is 0 Å². The van der Waals surface area contributed by atoms with Gasteiger partial charge in [0.1, 0.15) is 5.82 Å². The van der Waals surface area contributed by atoms with Crippen molar-refractivity contribution in [2.75, 3.05) is 0 Å². The number of nitrogens with zero attached hydrogens (tertiary/aromatic N) is 6. The molecule has 0 fully saturated rings. The first kappa shape index (κ1) is 16.7. The number of hydrogen-bond donors (Lipinski definition) is 0. The summed E-state index contributed by atoms with van der Waals surface area (Å²) in [6, 6.07) is 4.66. The van der Waals surface area contributed by atoms with E-state index in [2.05, 4.69) is 41.6 Å². The largest absolute Gasteiger partial charge is 0.389 e. The smallest absolute Gasteiger partial charge is 0.204 e. The number of hydrogen-bond acceptors (Lipinski definition) is 7. The van der Waals surface area contributed by atoms with Crippen molar-refractivity contribution in [1.29, 1.82) is 0 Å². The third-order valence-electron chi connectivity index (χ3n) is 3.16. The molecule has 0 aliphatic rings. The van der Waals surface area contributed by atoms with Crippen LogP contribution in [0.25, 0.3) is 0 Å². The van der Waals surface area contributed by atoms with Crippen molar-refractivity contribution in [3.63, 3.8) is 0 Å². The minimum Gasteiger partial charge on any atom is -0.389 e. The van der Waals surface area contributed by atoms with Gasteiger partial charge in [-0.05, 0) is 57.0 Å². The minimum absolute atomic E-state index is 0.205. The number of oxime groups is 1. The molecule has 0 atom stereocenters. The van der Waals surface area contributed by atoms with Crippen LogP contribution < -0.4 is 0 Å². The topological polar surface area (TPSA) is 78.1 Å². The summed E-state index contributed by atoms with van der Waals surface area (Å²) in [6.45, 7) is 1.89. The summed E-state index contributed by atoms with van der Waals surface area (Å²) in [5.41, 5.74) is 2.33. The zero-order chi connectivity index (χ0) is 17.1. The Morgan fingerprint density at radius 1 is 1.46 bits per heavy atom. The molecular formula is C14H12BrFN6OS. The highest BCUT2D eigenvalue weighted by Crippen LogP contribution is 2.17. The van der Waals surface area contributed by atoms with Gasteiger partial charge in [0.05, 0.1) is 5.69 Å². The Morgan fingerprint density at radius 3 is 2.92 bits per heavy atom. The predicted molar refractivity (Wildman–Crippen MR) is 90.2 cm³/mol. The lowest BCUT2D eigenvalue weighted by atomic mass is 10.1. The standard InChI is InChI=1S/C14H12BrFN6OS/c1-8-5-9(3-4-11(8)16)12(13-18-20-21-22(13)2)19-23-6-10-7-24-14(15)17-10/h3-5,7H,6H2,1-2H3. The van der Waals surface area contributed by atoms with Crippen molar-refractivity contribution in [3.8, 4) is 0 Å². The minimum atomic E-state index is -0.289. The zero-order valence-electron chi connectivity index (χ0n) is 12.8. The molecule has 0 bridgehead atoms. The first-order valence-electron chi connectivity index (χ1n) is 6.83. The van der Waals surface area contributed by atoms with Crippen LogP contribution >= 0.6 is 27.3 Å². The van der Waals surface area contributed by atoms with Gasteiger partial charge in [-0.3, -0.25) is 0 Å². The van der Waals surface area contributed by atoms with E-state index in [9.17, 15) is 4.39 Å². The molecule has 0 N–H and O–H groups in total. The lowest BCUT2D eigenvalue weighted by Gasteiger charge is -2.07. The van der Waals surface area contributed by atoms with Gasteiger partial charge < -0.3 is 4.84 Å². The van der Waals surface area contributed by atoms with E-state index >= 15 is 0 Å². The molecule has 0 aliphatic heterocycles. The quantitative estimate of drug-likeness (QED) is 0.477. The fourth-order valence-corrected chi connectivity index (χ4v) is 2.99. The summed E-state index contributed by atoms with van der Waals surface area (Å²) in [5.74, 6) is 0.128. The fraction of sp³-hybridized carbons (Fsp3) is 0.214. The summed E-state index contributed by atoms with van der Waals surface area (Å²) in [4.78, 5) is 9.64. The van der Waals surface area contributed by atoms with Gasteiger partial charge in [0, 0.05) is 18.0 Å². The summed E-state index contributed by atoms with van der Waals surface area (Å²) < 4.78 is 15.8. The molecule has 0 saturated heterocycles. The molecule has 0 saturated carbocycles.